The highest BCUT2D eigenvalue weighted by atomic mass is 16.2. The van der Waals surface area contributed by atoms with Gasteiger partial charge in [0.2, 0.25) is 11.8 Å². The Hall–Kier alpha value is -2.71. The van der Waals surface area contributed by atoms with Crippen molar-refractivity contribution < 1.29 is 24.0 Å². The molecule has 0 aromatic rings. The first-order valence-corrected chi connectivity index (χ1v) is 9.27. The molecule has 2 aliphatic rings. The maximum atomic E-state index is 12.4. The van der Waals surface area contributed by atoms with Gasteiger partial charge in [0.1, 0.15) is 12.6 Å². The molecule has 9 heteroatoms. The zero-order valence-electron chi connectivity index (χ0n) is 15.7. The minimum Gasteiger partial charge on any atom is -0.355 e. The number of nitrogens with one attached hydrogen (secondary N) is 2. The van der Waals surface area contributed by atoms with Crippen molar-refractivity contribution in [1.29, 1.82) is 0 Å². The molecular formula is C18H26N4O5. The summed E-state index contributed by atoms with van der Waals surface area (Å²) in [6.45, 7) is 3.19. The van der Waals surface area contributed by atoms with Crippen molar-refractivity contribution >= 4 is 29.7 Å². The van der Waals surface area contributed by atoms with E-state index in [1.54, 1.807) is 6.92 Å². The van der Waals surface area contributed by atoms with Gasteiger partial charge in [-0.2, -0.15) is 0 Å². The van der Waals surface area contributed by atoms with E-state index in [9.17, 15) is 24.0 Å². The molecule has 1 atom stereocenters. The van der Waals surface area contributed by atoms with Gasteiger partial charge in [0.15, 0.2) is 0 Å². The van der Waals surface area contributed by atoms with E-state index < -0.39 is 36.3 Å². The van der Waals surface area contributed by atoms with Crippen LogP contribution < -0.4 is 10.6 Å². The zero-order valence-corrected chi connectivity index (χ0v) is 15.7. The monoisotopic (exact) mass is 378 g/mol. The van der Waals surface area contributed by atoms with E-state index in [0.29, 0.717) is 17.9 Å². The average Bonchev–Trinajstić information content (AvgIpc) is 2.84. The Morgan fingerprint density at radius 1 is 1.15 bits per heavy atom. The standard InChI is InChI=1S/C18H26N4O5/c1-3-19-15(24)12(2)20-14(23)11-22-17(26)16(25)21(18(22)27)10-9-13-7-5-4-6-8-13/h7,12H,3-6,8-11H2,1-2H3,(H,19,24)(H,20,23)/t12-/m1/s1. The molecule has 0 aromatic heterocycles. The summed E-state index contributed by atoms with van der Waals surface area (Å²) in [5.41, 5.74) is 1.18. The Morgan fingerprint density at radius 3 is 2.48 bits per heavy atom. The molecular weight excluding hydrogens is 352 g/mol. The highest BCUT2D eigenvalue weighted by Gasteiger charge is 2.45. The van der Waals surface area contributed by atoms with Gasteiger partial charge in [-0.3, -0.25) is 24.1 Å². The Morgan fingerprint density at radius 2 is 1.85 bits per heavy atom. The van der Waals surface area contributed by atoms with Crippen molar-refractivity contribution in [2.24, 2.45) is 0 Å². The van der Waals surface area contributed by atoms with Gasteiger partial charge < -0.3 is 10.6 Å². The lowest BCUT2D eigenvalue weighted by Crippen LogP contribution is -2.49. The number of rotatable bonds is 8. The molecule has 1 heterocycles. The molecule has 9 nitrogen and oxygen atoms in total. The van der Waals surface area contributed by atoms with E-state index in [0.717, 1.165) is 30.6 Å². The quantitative estimate of drug-likeness (QED) is 0.358. The van der Waals surface area contributed by atoms with Gasteiger partial charge >= 0.3 is 17.8 Å². The average molecular weight is 378 g/mol. The fraction of sp³-hybridized carbons (Fsp3) is 0.611. The molecule has 1 aliphatic heterocycles. The van der Waals surface area contributed by atoms with Crippen LogP contribution in [0.3, 0.4) is 0 Å². The summed E-state index contributed by atoms with van der Waals surface area (Å²) < 4.78 is 0. The van der Waals surface area contributed by atoms with E-state index in [1.165, 1.54) is 12.5 Å². The smallest absolute Gasteiger partial charge is 0.334 e. The van der Waals surface area contributed by atoms with Crippen molar-refractivity contribution in [3.8, 4) is 0 Å². The molecule has 1 saturated heterocycles. The number of imide groups is 2. The van der Waals surface area contributed by atoms with E-state index in [-0.39, 0.29) is 12.5 Å². The third kappa shape index (κ3) is 5.15. The molecule has 148 valence electrons. The van der Waals surface area contributed by atoms with Crippen LogP contribution >= 0.6 is 0 Å². The second-order valence-corrected chi connectivity index (χ2v) is 6.67. The van der Waals surface area contributed by atoms with E-state index in [4.69, 9.17) is 0 Å². The molecule has 0 bridgehead atoms. The number of likely N-dealkylation sites (N-methyl/N-ethyl adjacent to an activating group) is 1. The first-order chi connectivity index (χ1) is 12.8. The summed E-state index contributed by atoms with van der Waals surface area (Å²) in [5.74, 6) is -2.98. The summed E-state index contributed by atoms with van der Waals surface area (Å²) in [6.07, 6.45) is 6.81. The summed E-state index contributed by atoms with van der Waals surface area (Å²) in [7, 11) is 0. The minimum absolute atomic E-state index is 0.128. The van der Waals surface area contributed by atoms with E-state index >= 15 is 0 Å². The number of carbonyl (C=O) groups is 5. The van der Waals surface area contributed by atoms with Gasteiger partial charge in [-0.05, 0) is 46.0 Å². The van der Waals surface area contributed by atoms with Gasteiger partial charge in [-0.1, -0.05) is 11.6 Å². The third-order valence-electron chi connectivity index (χ3n) is 4.60. The van der Waals surface area contributed by atoms with Crippen molar-refractivity contribution in [2.75, 3.05) is 19.6 Å². The lowest BCUT2D eigenvalue weighted by Gasteiger charge is -2.18. The van der Waals surface area contributed by atoms with Crippen LogP contribution in [0.5, 0.6) is 0 Å². The normalized spacial score (nSPS) is 18.4. The molecule has 1 fully saturated rings. The lowest BCUT2D eigenvalue weighted by atomic mass is 9.97. The number of urea groups is 1. The number of amides is 6. The SMILES string of the molecule is CCNC(=O)[C@@H](C)NC(=O)CN1C(=O)C(=O)N(CCC2=CCCCC2)C1=O. The Kier molecular flexibility index (Phi) is 7.09. The number of hydrogen-bond donors (Lipinski definition) is 2. The Balaban J connectivity index is 1.91. The number of allylic oxidation sites excluding steroid dienone is 1. The van der Waals surface area contributed by atoms with Crippen molar-refractivity contribution in [1.82, 2.24) is 20.4 Å². The number of nitrogens with zero attached hydrogens (tertiary/aromatic N) is 2. The molecule has 0 unspecified atom stereocenters. The summed E-state index contributed by atoms with van der Waals surface area (Å²) in [4.78, 5) is 61.8. The highest BCUT2D eigenvalue weighted by molar-refractivity contribution is 6.45. The fourth-order valence-corrected chi connectivity index (χ4v) is 3.10. The maximum Gasteiger partial charge on any atom is 0.334 e. The molecule has 2 rings (SSSR count). The van der Waals surface area contributed by atoms with E-state index in [1.807, 2.05) is 0 Å². The first kappa shape index (κ1) is 20.6. The number of carbonyl (C=O) groups excluding carboxylic acids is 5. The van der Waals surface area contributed by atoms with Crippen LogP contribution in [-0.4, -0.2) is 65.1 Å². The van der Waals surface area contributed by atoms with Crippen LogP contribution in [0.2, 0.25) is 0 Å². The fourth-order valence-electron chi connectivity index (χ4n) is 3.10. The Bertz CT molecular complexity index is 673. The topological polar surface area (TPSA) is 116 Å². The molecule has 27 heavy (non-hydrogen) atoms. The molecule has 2 N–H and O–H groups in total. The van der Waals surface area contributed by atoms with Crippen LogP contribution in [0.25, 0.3) is 0 Å². The van der Waals surface area contributed by atoms with Gasteiger partial charge in [0.25, 0.3) is 0 Å². The molecule has 0 radical (unpaired) electrons. The Labute approximate surface area is 158 Å². The number of hydrogen-bond acceptors (Lipinski definition) is 5. The zero-order chi connectivity index (χ0) is 20.0. The predicted molar refractivity (Wildman–Crippen MR) is 96.3 cm³/mol. The van der Waals surface area contributed by atoms with Gasteiger partial charge in [-0.25, -0.2) is 9.69 Å². The molecule has 0 aromatic carbocycles. The predicted octanol–water partition coefficient (Wildman–Crippen LogP) is 0.308. The third-order valence-corrected chi connectivity index (χ3v) is 4.60. The highest BCUT2D eigenvalue weighted by Crippen LogP contribution is 2.21. The van der Waals surface area contributed by atoms with Crippen molar-refractivity contribution in [3.63, 3.8) is 0 Å². The molecule has 6 amide bonds. The first-order valence-electron chi connectivity index (χ1n) is 9.27. The van der Waals surface area contributed by atoms with Crippen molar-refractivity contribution in [3.05, 3.63) is 11.6 Å². The van der Waals surface area contributed by atoms with Crippen molar-refractivity contribution in [2.45, 2.75) is 52.0 Å². The molecule has 1 aliphatic carbocycles. The molecule has 0 saturated carbocycles. The second-order valence-electron chi connectivity index (χ2n) is 6.67. The van der Waals surface area contributed by atoms with Crippen LogP contribution in [0.4, 0.5) is 4.79 Å². The minimum atomic E-state index is -1.02. The van der Waals surface area contributed by atoms with Crippen LogP contribution in [-0.2, 0) is 19.2 Å². The maximum absolute atomic E-state index is 12.4. The van der Waals surface area contributed by atoms with Gasteiger partial charge in [0, 0.05) is 13.1 Å². The van der Waals surface area contributed by atoms with Gasteiger partial charge in [-0.15, -0.1) is 0 Å². The summed E-state index contributed by atoms with van der Waals surface area (Å²) in [6, 6.07) is -1.60. The van der Waals surface area contributed by atoms with Crippen LogP contribution in [0.1, 0.15) is 46.0 Å². The van der Waals surface area contributed by atoms with Crippen LogP contribution in [0.15, 0.2) is 11.6 Å². The van der Waals surface area contributed by atoms with Gasteiger partial charge in [0.05, 0.1) is 0 Å². The lowest BCUT2D eigenvalue weighted by molar-refractivity contribution is -0.144. The largest absolute Gasteiger partial charge is 0.355 e. The van der Waals surface area contributed by atoms with E-state index in [2.05, 4.69) is 16.7 Å². The molecule has 0 spiro atoms. The summed E-state index contributed by atoms with van der Waals surface area (Å²) >= 11 is 0. The second kappa shape index (κ2) is 9.29. The van der Waals surface area contributed by atoms with Crippen LogP contribution in [0, 0.1) is 0 Å². The summed E-state index contributed by atoms with van der Waals surface area (Å²) in [5, 5.41) is 4.96.